The molecule has 0 radical (unpaired) electrons. The molecule has 2 heteroatoms. The molecule has 0 bridgehead atoms. The van der Waals surface area contributed by atoms with Crippen LogP contribution < -0.4 is 4.90 Å². The summed E-state index contributed by atoms with van der Waals surface area (Å²) in [5.41, 5.74) is 3.45. The van der Waals surface area contributed by atoms with Gasteiger partial charge in [-0.05, 0) is 25.5 Å². The molecule has 0 spiro atoms. The minimum Gasteiger partial charge on any atom is -0.308 e. The van der Waals surface area contributed by atoms with Crippen molar-refractivity contribution < 1.29 is 4.79 Å². The number of hydrogen-bond acceptors (Lipinski definition) is 1. The molecule has 0 unspecified atom stereocenters. The molecule has 100 valence electrons. The van der Waals surface area contributed by atoms with Crippen LogP contribution in [0.3, 0.4) is 0 Å². The molecule has 0 saturated carbocycles. The highest BCUT2D eigenvalue weighted by molar-refractivity contribution is 6.01. The van der Waals surface area contributed by atoms with Crippen molar-refractivity contribution in [3.8, 4) is 0 Å². The molecule has 0 saturated heterocycles. The molecule has 2 nitrogen and oxygen atoms in total. The van der Waals surface area contributed by atoms with Gasteiger partial charge in [-0.2, -0.15) is 0 Å². The van der Waals surface area contributed by atoms with Crippen LogP contribution in [0.15, 0.2) is 55.7 Å². The van der Waals surface area contributed by atoms with Crippen molar-refractivity contribution in [3.05, 3.63) is 66.8 Å². The third kappa shape index (κ3) is 3.95. The summed E-state index contributed by atoms with van der Waals surface area (Å²) in [4.78, 5) is 13.6. The van der Waals surface area contributed by atoms with Gasteiger partial charge < -0.3 is 4.90 Å². The topological polar surface area (TPSA) is 20.3 Å². The van der Waals surface area contributed by atoms with Gasteiger partial charge in [0, 0.05) is 12.2 Å². The Hall–Kier alpha value is -2.09. The maximum atomic E-state index is 11.7. The summed E-state index contributed by atoms with van der Waals surface area (Å²) in [6.45, 7) is 11.4. The Balaban J connectivity index is 0.000000399. The van der Waals surface area contributed by atoms with Gasteiger partial charge in [0.05, 0.1) is 6.42 Å². The minimum atomic E-state index is 0.203. The van der Waals surface area contributed by atoms with Gasteiger partial charge in [-0.1, -0.05) is 55.2 Å². The van der Waals surface area contributed by atoms with Crippen LogP contribution in [0.1, 0.15) is 18.1 Å². The number of nitrogens with zero attached hydrogens (tertiary/aromatic N) is 1. The minimum absolute atomic E-state index is 0.203. The van der Waals surface area contributed by atoms with E-state index >= 15 is 0 Å². The fourth-order valence-electron chi connectivity index (χ4n) is 1.92. The average Bonchev–Trinajstić information content (AvgIpc) is 2.71. The van der Waals surface area contributed by atoms with E-state index in [0.717, 1.165) is 11.3 Å². The molecule has 1 amide bonds. The lowest BCUT2D eigenvalue weighted by molar-refractivity contribution is -0.117. The monoisotopic (exact) mass is 255 g/mol. The molecular formula is C17H21NO. The van der Waals surface area contributed by atoms with Crippen LogP contribution >= 0.6 is 0 Å². The van der Waals surface area contributed by atoms with Gasteiger partial charge in [0.2, 0.25) is 5.91 Å². The van der Waals surface area contributed by atoms with Crippen LogP contribution in [0.25, 0.3) is 0 Å². The first-order valence-electron chi connectivity index (χ1n) is 6.38. The van der Waals surface area contributed by atoms with Gasteiger partial charge in [0.1, 0.15) is 0 Å². The summed E-state index contributed by atoms with van der Waals surface area (Å²) in [6.07, 6.45) is 7.81. The SMILES string of the molecule is C/C=C\CN1C(=O)Cc2cc(C)ccc21.C=CC=C. The summed E-state index contributed by atoms with van der Waals surface area (Å²) < 4.78 is 0. The van der Waals surface area contributed by atoms with E-state index < -0.39 is 0 Å². The van der Waals surface area contributed by atoms with E-state index in [1.807, 2.05) is 30.0 Å². The Morgan fingerprint density at radius 1 is 1.32 bits per heavy atom. The van der Waals surface area contributed by atoms with E-state index in [4.69, 9.17) is 0 Å². The summed E-state index contributed by atoms with van der Waals surface area (Å²) in [6, 6.07) is 6.20. The largest absolute Gasteiger partial charge is 0.308 e. The standard InChI is InChI=1S/C13H15NO.C4H6/c1-3-4-7-14-12-6-5-10(2)8-11(12)9-13(14)15;1-3-4-2/h3-6,8H,7,9H2,1-2H3;3-4H,1-2H2/b4-3-;. The normalized spacial score (nSPS) is 12.9. The molecule has 0 aliphatic carbocycles. The van der Waals surface area contributed by atoms with Crippen molar-refractivity contribution in [1.82, 2.24) is 0 Å². The van der Waals surface area contributed by atoms with E-state index in [-0.39, 0.29) is 5.91 Å². The van der Waals surface area contributed by atoms with E-state index in [2.05, 4.69) is 32.2 Å². The van der Waals surface area contributed by atoms with E-state index in [1.165, 1.54) is 5.56 Å². The van der Waals surface area contributed by atoms with Gasteiger partial charge in [0.15, 0.2) is 0 Å². The molecule has 1 aliphatic rings. The van der Waals surface area contributed by atoms with Gasteiger partial charge in [0.25, 0.3) is 0 Å². The maximum absolute atomic E-state index is 11.7. The Morgan fingerprint density at radius 2 is 2.00 bits per heavy atom. The van der Waals surface area contributed by atoms with Gasteiger partial charge in [-0.25, -0.2) is 0 Å². The van der Waals surface area contributed by atoms with Crippen molar-refractivity contribution >= 4 is 11.6 Å². The van der Waals surface area contributed by atoms with Crippen LogP contribution in [0.4, 0.5) is 5.69 Å². The third-order valence-corrected chi connectivity index (χ3v) is 2.86. The number of fused-ring (bicyclic) bond motifs is 1. The quantitative estimate of drug-likeness (QED) is 0.594. The lowest BCUT2D eigenvalue weighted by Crippen LogP contribution is -2.26. The molecule has 1 aromatic carbocycles. The summed E-state index contributed by atoms with van der Waals surface area (Å²) >= 11 is 0. The third-order valence-electron chi connectivity index (χ3n) is 2.86. The number of carbonyl (C=O) groups is 1. The second-order valence-electron chi connectivity index (χ2n) is 4.35. The highest BCUT2D eigenvalue weighted by Crippen LogP contribution is 2.29. The zero-order valence-electron chi connectivity index (χ0n) is 11.7. The van der Waals surface area contributed by atoms with Crippen LogP contribution in [0, 0.1) is 6.92 Å². The van der Waals surface area contributed by atoms with Crippen LogP contribution in [-0.4, -0.2) is 12.5 Å². The first-order valence-corrected chi connectivity index (χ1v) is 6.38. The van der Waals surface area contributed by atoms with Crippen molar-refractivity contribution in [2.75, 3.05) is 11.4 Å². The molecule has 1 aromatic rings. The second kappa shape index (κ2) is 7.37. The number of aryl methyl sites for hydroxylation is 1. The Labute approximate surface area is 115 Å². The second-order valence-corrected chi connectivity index (χ2v) is 4.35. The fourth-order valence-corrected chi connectivity index (χ4v) is 1.92. The smallest absolute Gasteiger partial charge is 0.231 e. The zero-order chi connectivity index (χ0) is 14.3. The molecule has 19 heavy (non-hydrogen) atoms. The molecule has 0 aromatic heterocycles. The predicted molar refractivity (Wildman–Crippen MR) is 82.4 cm³/mol. The number of amides is 1. The maximum Gasteiger partial charge on any atom is 0.231 e. The number of allylic oxidation sites excluding steroid dienone is 3. The van der Waals surface area contributed by atoms with E-state index in [9.17, 15) is 4.79 Å². The Kier molecular flexibility index (Phi) is 5.80. The first kappa shape index (κ1) is 15.0. The van der Waals surface area contributed by atoms with Crippen LogP contribution in [0.5, 0.6) is 0 Å². The lowest BCUT2D eigenvalue weighted by atomic mass is 10.1. The van der Waals surface area contributed by atoms with Crippen LogP contribution in [0.2, 0.25) is 0 Å². The molecule has 0 N–H and O–H groups in total. The molecule has 2 rings (SSSR count). The van der Waals surface area contributed by atoms with Gasteiger partial charge >= 0.3 is 0 Å². The number of rotatable bonds is 3. The fraction of sp³-hybridized carbons (Fsp3) is 0.235. The summed E-state index contributed by atoms with van der Waals surface area (Å²) in [7, 11) is 0. The van der Waals surface area contributed by atoms with Crippen molar-refractivity contribution in [2.45, 2.75) is 20.3 Å². The number of anilines is 1. The Bertz CT molecular complexity index is 494. The highest BCUT2D eigenvalue weighted by atomic mass is 16.2. The van der Waals surface area contributed by atoms with E-state index in [1.54, 1.807) is 12.2 Å². The van der Waals surface area contributed by atoms with Crippen molar-refractivity contribution in [1.29, 1.82) is 0 Å². The molecule has 1 aliphatic heterocycles. The average molecular weight is 255 g/mol. The van der Waals surface area contributed by atoms with Crippen LogP contribution in [-0.2, 0) is 11.2 Å². The molecular weight excluding hydrogens is 234 g/mol. The lowest BCUT2D eigenvalue weighted by Gasteiger charge is -2.14. The molecule has 0 atom stereocenters. The summed E-state index contributed by atoms with van der Waals surface area (Å²) in [5, 5.41) is 0. The number of benzene rings is 1. The summed E-state index contributed by atoms with van der Waals surface area (Å²) in [5.74, 6) is 0.203. The Morgan fingerprint density at radius 3 is 2.58 bits per heavy atom. The molecule has 0 fully saturated rings. The molecule has 1 heterocycles. The zero-order valence-corrected chi connectivity index (χ0v) is 11.7. The van der Waals surface area contributed by atoms with E-state index in [0.29, 0.717) is 13.0 Å². The highest BCUT2D eigenvalue weighted by Gasteiger charge is 2.25. The van der Waals surface area contributed by atoms with Gasteiger partial charge in [-0.15, -0.1) is 0 Å². The van der Waals surface area contributed by atoms with Crippen molar-refractivity contribution in [3.63, 3.8) is 0 Å². The van der Waals surface area contributed by atoms with Gasteiger partial charge in [-0.3, -0.25) is 4.79 Å². The first-order chi connectivity index (χ1) is 9.13. The number of hydrogen-bond donors (Lipinski definition) is 0. The predicted octanol–water partition coefficient (Wildman–Crippen LogP) is 3.82. The van der Waals surface area contributed by atoms with Crippen molar-refractivity contribution in [2.24, 2.45) is 0 Å². The number of carbonyl (C=O) groups excluding carboxylic acids is 1.